The molecule has 2 fully saturated rings. The van der Waals surface area contributed by atoms with Crippen LogP contribution in [0.15, 0.2) is 24.3 Å². The van der Waals surface area contributed by atoms with Gasteiger partial charge in [-0.15, -0.1) is 0 Å². The standard InChI is InChI=1S/C19H26FNO2/c20-17-9-7-16(8-10-17)18-14-21(12-13-23-18)19(22)11-6-15-4-2-1-3-5-15/h7-10,15,18H,1-6,11-14H2/t18-/m0/s1. The number of benzene rings is 1. The first kappa shape index (κ1) is 16.4. The van der Waals surface area contributed by atoms with E-state index in [1.54, 1.807) is 12.1 Å². The summed E-state index contributed by atoms with van der Waals surface area (Å²) in [5, 5.41) is 0. The summed E-state index contributed by atoms with van der Waals surface area (Å²) in [5.74, 6) is 0.734. The van der Waals surface area contributed by atoms with Crippen molar-refractivity contribution in [2.45, 2.75) is 51.0 Å². The molecule has 0 spiro atoms. The van der Waals surface area contributed by atoms with Crippen LogP contribution in [0, 0.1) is 11.7 Å². The average molecular weight is 319 g/mol. The molecule has 23 heavy (non-hydrogen) atoms. The molecule has 1 amide bonds. The lowest BCUT2D eigenvalue weighted by molar-refractivity contribution is -0.139. The molecule has 3 rings (SSSR count). The second kappa shape index (κ2) is 7.91. The predicted octanol–water partition coefficient (Wildman–Crippen LogP) is 4.09. The number of amides is 1. The van der Waals surface area contributed by atoms with E-state index in [2.05, 4.69) is 0 Å². The lowest BCUT2D eigenvalue weighted by atomic mass is 9.86. The number of halogens is 1. The molecule has 3 nitrogen and oxygen atoms in total. The monoisotopic (exact) mass is 319 g/mol. The van der Waals surface area contributed by atoms with Gasteiger partial charge in [-0.2, -0.15) is 0 Å². The molecule has 0 bridgehead atoms. The van der Waals surface area contributed by atoms with E-state index < -0.39 is 0 Å². The van der Waals surface area contributed by atoms with Crippen LogP contribution < -0.4 is 0 Å². The van der Waals surface area contributed by atoms with Gasteiger partial charge < -0.3 is 9.64 Å². The largest absolute Gasteiger partial charge is 0.370 e. The highest BCUT2D eigenvalue weighted by Gasteiger charge is 2.26. The Bertz CT molecular complexity index is 511. The van der Waals surface area contributed by atoms with Crippen molar-refractivity contribution < 1.29 is 13.9 Å². The maximum Gasteiger partial charge on any atom is 0.222 e. The van der Waals surface area contributed by atoms with Crippen LogP contribution in [-0.4, -0.2) is 30.5 Å². The molecule has 0 N–H and O–H groups in total. The molecule has 1 aliphatic carbocycles. The summed E-state index contributed by atoms with van der Waals surface area (Å²) in [7, 11) is 0. The average Bonchev–Trinajstić information content (AvgIpc) is 2.61. The third kappa shape index (κ3) is 4.54. The molecule has 1 aromatic carbocycles. The van der Waals surface area contributed by atoms with Gasteiger partial charge in [-0.1, -0.05) is 44.2 Å². The number of morpholine rings is 1. The predicted molar refractivity (Wildman–Crippen MR) is 87.5 cm³/mol. The molecule has 4 heteroatoms. The second-order valence-corrected chi connectivity index (χ2v) is 6.79. The molecule has 0 unspecified atom stereocenters. The number of hydrogen-bond donors (Lipinski definition) is 0. The SMILES string of the molecule is O=C(CCC1CCCCC1)N1CCO[C@H](c2ccc(F)cc2)C1. The van der Waals surface area contributed by atoms with Gasteiger partial charge in [-0.3, -0.25) is 4.79 Å². The van der Waals surface area contributed by atoms with Crippen LogP contribution in [0.5, 0.6) is 0 Å². The summed E-state index contributed by atoms with van der Waals surface area (Å²) in [6.07, 6.45) is 8.11. The molecular formula is C19H26FNO2. The number of carbonyl (C=O) groups excluding carboxylic acids is 1. The van der Waals surface area contributed by atoms with E-state index in [0.29, 0.717) is 26.1 Å². The minimum atomic E-state index is -0.245. The van der Waals surface area contributed by atoms with Crippen LogP contribution >= 0.6 is 0 Å². The highest BCUT2D eigenvalue weighted by Crippen LogP contribution is 2.28. The van der Waals surface area contributed by atoms with Gasteiger partial charge in [-0.05, 0) is 30.0 Å². The van der Waals surface area contributed by atoms with E-state index >= 15 is 0 Å². The Hall–Kier alpha value is -1.42. The van der Waals surface area contributed by atoms with Crippen LogP contribution in [0.4, 0.5) is 4.39 Å². The fourth-order valence-corrected chi connectivity index (χ4v) is 3.72. The number of hydrogen-bond acceptors (Lipinski definition) is 2. The summed E-state index contributed by atoms with van der Waals surface area (Å²) >= 11 is 0. The highest BCUT2D eigenvalue weighted by molar-refractivity contribution is 5.76. The Morgan fingerprint density at radius 3 is 2.65 bits per heavy atom. The van der Waals surface area contributed by atoms with Gasteiger partial charge in [0.25, 0.3) is 0 Å². The molecule has 0 radical (unpaired) electrons. The summed E-state index contributed by atoms with van der Waals surface area (Å²) in [5.41, 5.74) is 0.941. The first-order valence-electron chi connectivity index (χ1n) is 8.87. The zero-order valence-electron chi connectivity index (χ0n) is 13.7. The molecule has 1 atom stereocenters. The molecule has 2 aliphatic rings. The first-order valence-corrected chi connectivity index (χ1v) is 8.87. The Kier molecular flexibility index (Phi) is 5.65. The second-order valence-electron chi connectivity index (χ2n) is 6.79. The third-order valence-corrected chi connectivity index (χ3v) is 5.15. The van der Waals surface area contributed by atoms with Gasteiger partial charge in [0.1, 0.15) is 11.9 Å². The molecule has 126 valence electrons. The van der Waals surface area contributed by atoms with Crippen LogP contribution in [0.2, 0.25) is 0 Å². The zero-order chi connectivity index (χ0) is 16.1. The molecule has 1 aromatic rings. The van der Waals surface area contributed by atoms with Gasteiger partial charge in [0.2, 0.25) is 5.91 Å². The van der Waals surface area contributed by atoms with Crippen LogP contribution in [0.1, 0.15) is 56.6 Å². The lowest BCUT2D eigenvalue weighted by Crippen LogP contribution is -2.42. The van der Waals surface area contributed by atoms with Crippen LogP contribution in [0.3, 0.4) is 0 Å². The topological polar surface area (TPSA) is 29.5 Å². The fraction of sp³-hybridized carbons (Fsp3) is 0.632. The van der Waals surface area contributed by atoms with Gasteiger partial charge in [0, 0.05) is 13.0 Å². The van der Waals surface area contributed by atoms with E-state index in [1.165, 1.54) is 44.2 Å². The normalized spacial score (nSPS) is 23.0. The minimum Gasteiger partial charge on any atom is -0.370 e. The van der Waals surface area contributed by atoms with Crippen molar-refractivity contribution in [1.29, 1.82) is 0 Å². The van der Waals surface area contributed by atoms with Crippen molar-refractivity contribution in [2.75, 3.05) is 19.7 Å². The maximum absolute atomic E-state index is 13.0. The van der Waals surface area contributed by atoms with Crippen LogP contribution in [-0.2, 0) is 9.53 Å². The van der Waals surface area contributed by atoms with Crippen molar-refractivity contribution in [3.05, 3.63) is 35.6 Å². The Balaban J connectivity index is 1.51. The lowest BCUT2D eigenvalue weighted by Gasteiger charge is -2.33. The summed E-state index contributed by atoms with van der Waals surface area (Å²) in [6.45, 7) is 1.80. The summed E-state index contributed by atoms with van der Waals surface area (Å²) in [6, 6.07) is 6.39. The van der Waals surface area contributed by atoms with Crippen molar-refractivity contribution in [3.8, 4) is 0 Å². The Morgan fingerprint density at radius 2 is 1.91 bits per heavy atom. The van der Waals surface area contributed by atoms with Crippen molar-refractivity contribution in [2.24, 2.45) is 5.92 Å². The van der Waals surface area contributed by atoms with Gasteiger partial charge in [-0.25, -0.2) is 4.39 Å². The molecule has 0 aromatic heterocycles. The Labute approximate surface area is 137 Å². The van der Waals surface area contributed by atoms with E-state index in [9.17, 15) is 9.18 Å². The van der Waals surface area contributed by atoms with E-state index in [0.717, 1.165) is 17.9 Å². The maximum atomic E-state index is 13.0. The number of carbonyl (C=O) groups is 1. The summed E-state index contributed by atoms with van der Waals surface area (Å²) < 4.78 is 18.8. The zero-order valence-corrected chi connectivity index (χ0v) is 13.7. The van der Waals surface area contributed by atoms with Gasteiger partial charge >= 0.3 is 0 Å². The highest BCUT2D eigenvalue weighted by atomic mass is 19.1. The Morgan fingerprint density at radius 1 is 1.17 bits per heavy atom. The number of rotatable bonds is 4. The van der Waals surface area contributed by atoms with E-state index in [1.807, 2.05) is 4.90 Å². The molecule has 1 heterocycles. The molecule has 1 aliphatic heterocycles. The van der Waals surface area contributed by atoms with Gasteiger partial charge in [0.15, 0.2) is 0 Å². The molecule has 1 saturated carbocycles. The molecular weight excluding hydrogens is 293 g/mol. The van der Waals surface area contributed by atoms with Crippen LogP contribution in [0.25, 0.3) is 0 Å². The number of ether oxygens (including phenoxy) is 1. The van der Waals surface area contributed by atoms with Crippen molar-refractivity contribution in [3.63, 3.8) is 0 Å². The van der Waals surface area contributed by atoms with Crippen molar-refractivity contribution >= 4 is 5.91 Å². The van der Waals surface area contributed by atoms with E-state index in [-0.39, 0.29) is 17.8 Å². The minimum absolute atomic E-state index is 0.136. The quantitative estimate of drug-likeness (QED) is 0.836. The van der Waals surface area contributed by atoms with Crippen molar-refractivity contribution in [1.82, 2.24) is 4.90 Å². The fourth-order valence-electron chi connectivity index (χ4n) is 3.72. The smallest absolute Gasteiger partial charge is 0.222 e. The first-order chi connectivity index (χ1) is 11.2. The third-order valence-electron chi connectivity index (χ3n) is 5.15. The summed E-state index contributed by atoms with van der Waals surface area (Å²) in [4.78, 5) is 14.4. The number of nitrogens with zero attached hydrogens (tertiary/aromatic N) is 1. The van der Waals surface area contributed by atoms with Gasteiger partial charge in [0.05, 0.1) is 13.2 Å². The van der Waals surface area contributed by atoms with E-state index in [4.69, 9.17) is 4.74 Å². The molecule has 1 saturated heterocycles.